The molecule has 0 bridgehead atoms. The number of amides is 2. The van der Waals surface area contributed by atoms with Gasteiger partial charge in [-0.3, -0.25) is 9.59 Å². The highest BCUT2D eigenvalue weighted by atomic mass is 35.5. The number of rotatable bonds is 7. The van der Waals surface area contributed by atoms with Gasteiger partial charge in [-0.15, -0.1) is 0 Å². The number of carbonyl (C=O) groups excluding carboxylic acids is 3. The van der Waals surface area contributed by atoms with Gasteiger partial charge in [0.1, 0.15) is 0 Å². The van der Waals surface area contributed by atoms with E-state index in [1.54, 1.807) is 11.0 Å². The molecule has 0 atom stereocenters. The van der Waals surface area contributed by atoms with E-state index in [4.69, 9.17) is 16.3 Å². The van der Waals surface area contributed by atoms with Gasteiger partial charge in [0.25, 0.3) is 5.91 Å². The van der Waals surface area contributed by atoms with Crippen LogP contribution in [0.3, 0.4) is 0 Å². The Labute approximate surface area is 152 Å². The molecule has 1 fully saturated rings. The lowest BCUT2D eigenvalue weighted by molar-refractivity contribution is -0.124. The van der Waals surface area contributed by atoms with Crippen LogP contribution < -0.4 is 10.2 Å². The summed E-state index contributed by atoms with van der Waals surface area (Å²) in [6, 6.07) is 4.61. The van der Waals surface area contributed by atoms with Crippen LogP contribution in [0.15, 0.2) is 18.2 Å². The highest BCUT2D eigenvalue weighted by Crippen LogP contribution is 2.30. The minimum absolute atomic E-state index is 0.0167. The van der Waals surface area contributed by atoms with E-state index in [2.05, 4.69) is 19.2 Å². The molecule has 0 radical (unpaired) electrons. The average molecular weight is 367 g/mol. The van der Waals surface area contributed by atoms with Crippen LogP contribution in [0.25, 0.3) is 0 Å². The standard InChI is InChI=1S/C18H23ClN2O4/c1-12(2)7-8-20-16(22)11-25-18(24)13-5-6-14(19)15(10-13)21-9-3-4-17(21)23/h5-6,10,12H,3-4,7-9,11H2,1-2H3,(H,20,22). The van der Waals surface area contributed by atoms with E-state index < -0.39 is 5.97 Å². The molecule has 1 aromatic carbocycles. The molecule has 0 spiro atoms. The number of nitrogens with zero attached hydrogens (tertiary/aromatic N) is 1. The van der Waals surface area contributed by atoms with Crippen molar-refractivity contribution in [3.05, 3.63) is 28.8 Å². The van der Waals surface area contributed by atoms with Crippen molar-refractivity contribution >= 4 is 35.1 Å². The third-order valence-electron chi connectivity index (χ3n) is 3.92. The van der Waals surface area contributed by atoms with Crippen molar-refractivity contribution in [1.29, 1.82) is 0 Å². The number of halogens is 1. The summed E-state index contributed by atoms with van der Waals surface area (Å²) in [5.41, 5.74) is 0.758. The zero-order valence-electron chi connectivity index (χ0n) is 14.5. The fraction of sp³-hybridized carbons (Fsp3) is 0.500. The highest BCUT2D eigenvalue weighted by Gasteiger charge is 2.24. The van der Waals surface area contributed by atoms with Crippen LogP contribution in [-0.4, -0.2) is 37.5 Å². The summed E-state index contributed by atoms with van der Waals surface area (Å²) in [7, 11) is 0. The number of anilines is 1. The van der Waals surface area contributed by atoms with E-state index in [1.165, 1.54) is 12.1 Å². The fourth-order valence-electron chi connectivity index (χ4n) is 2.52. The van der Waals surface area contributed by atoms with Crippen molar-refractivity contribution < 1.29 is 19.1 Å². The molecule has 0 aromatic heterocycles. The first-order valence-electron chi connectivity index (χ1n) is 8.42. The summed E-state index contributed by atoms with van der Waals surface area (Å²) in [5, 5.41) is 3.10. The van der Waals surface area contributed by atoms with Gasteiger partial charge in [-0.2, -0.15) is 0 Å². The largest absolute Gasteiger partial charge is 0.452 e. The van der Waals surface area contributed by atoms with E-state index in [0.717, 1.165) is 12.8 Å². The topological polar surface area (TPSA) is 75.7 Å². The number of hydrogen-bond acceptors (Lipinski definition) is 4. The molecule has 0 aliphatic carbocycles. The predicted octanol–water partition coefficient (Wildman–Crippen LogP) is 2.79. The van der Waals surface area contributed by atoms with Crippen LogP contribution in [0.4, 0.5) is 5.69 Å². The Morgan fingerprint density at radius 3 is 2.76 bits per heavy atom. The van der Waals surface area contributed by atoms with Gasteiger partial charge in [-0.05, 0) is 37.0 Å². The molecule has 0 saturated carbocycles. The monoisotopic (exact) mass is 366 g/mol. The number of hydrogen-bond donors (Lipinski definition) is 1. The highest BCUT2D eigenvalue weighted by molar-refractivity contribution is 6.34. The average Bonchev–Trinajstić information content (AvgIpc) is 2.98. The summed E-state index contributed by atoms with van der Waals surface area (Å²) in [6.07, 6.45) is 2.10. The first-order valence-corrected chi connectivity index (χ1v) is 8.80. The van der Waals surface area contributed by atoms with Gasteiger partial charge >= 0.3 is 5.97 Å². The third kappa shape index (κ3) is 5.46. The van der Waals surface area contributed by atoms with Gasteiger partial charge in [0.2, 0.25) is 5.91 Å². The number of ether oxygens (including phenoxy) is 1. The maximum atomic E-state index is 12.1. The van der Waals surface area contributed by atoms with Gasteiger partial charge in [-0.25, -0.2) is 4.79 Å². The van der Waals surface area contributed by atoms with Gasteiger partial charge < -0.3 is 15.0 Å². The smallest absolute Gasteiger partial charge is 0.338 e. The molecule has 1 saturated heterocycles. The van der Waals surface area contributed by atoms with Crippen LogP contribution in [0.1, 0.15) is 43.5 Å². The maximum Gasteiger partial charge on any atom is 0.338 e. The van der Waals surface area contributed by atoms with E-state index in [9.17, 15) is 14.4 Å². The molecule has 1 N–H and O–H groups in total. The molecule has 1 aromatic rings. The summed E-state index contributed by atoms with van der Waals surface area (Å²) in [6.45, 7) is 4.92. The Balaban J connectivity index is 1.93. The normalized spacial score (nSPS) is 14.1. The molecule has 0 unspecified atom stereocenters. The molecule has 1 aliphatic heterocycles. The Bertz CT molecular complexity index is 660. The Hall–Kier alpha value is -2.08. The van der Waals surface area contributed by atoms with Crippen LogP contribution >= 0.6 is 11.6 Å². The lowest BCUT2D eigenvalue weighted by Gasteiger charge is -2.18. The van der Waals surface area contributed by atoms with Crippen molar-refractivity contribution in [3.8, 4) is 0 Å². The van der Waals surface area contributed by atoms with Crippen molar-refractivity contribution in [2.75, 3.05) is 24.6 Å². The SMILES string of the molecule is CC(C)CCNC(=O)COC(=O)c1ccc(Cl)c(N2CCCC2=O)c1. The minimum Gasteiger partial charge on any atom is -0.452 e. The third-order valence-corrected chi connectivity index (χ3v) is 4.24. The molecule has 7 heteroatoms. The zero-order chi connectivity index (χ0) is 18.4. The summed E-state index contributed by atoms with van der Waals surface area (Å²) < 4.78 is 5.03. The van der Waals surface area contributed by atoms with Crippen molar-refractivity contribution in [2.45, 2.75) is 33.1 Å². The quantitative estimate of drug-likeness (QED) is 0.753. The molecule has 6 nitrogen and oxygen atoms in total. The second kappa shape index (κ2) is 8.85. The Morgan fingerprint density at radius 2 is 2.12 bits per heavy atom. The Kier molecular flexibility index (Phi) is 6.82. The minimum atomic E-state index is -0.622. The zero-order valence-corrected chi connectivity index (χ0v) is 15.3. The summed E-state index contributed by atoms with van der Waals surface area (Å²) >= 11 is 6.15. The fourth-order valence-corrected chi connectivity index (χ4v) is 2.73. The number of esters is 1. The number of benzene rings is 1. The molecule has 136 valence electrons. The van der Waals surface area contributed by atoms with Crippen LogP contribution in [0.5, 0.6) is 0 Å². The van der Waals surface area contributed by atoms with Gasteiger partial charge in [-0.1, -0.05) is 25.4 Å². The molecule has 1 aliphatic rings. The second-order valence-electron chi connectivity index (χ2n) is 6.42. The van der Waals surface area contributed by atoms with Crippen molar-refractivity contribution in [1.82, 2.24) is 5.32 Å². The van der Waals surface area contributed by atoms with Crippen LogP contribution in [-0.2, 0) is 14.3 Å². The lowest BCUT2D eigenvalue weighted by atomic mass is 10.1. The first-order chi connectivity index (χ1) is 11.9. The molecular formula is C18H23ClN2O4. The molecule has 1 heterocycles. The van der Waals surface area contributed by atoms with E-state index in [-0.39, 0.29) is 24.0 Å². The lowest BCUT2D eigenvalue weighted by Crippen LogP contribution is -2.30. The second-order valence-corrected chi connectivity index (χ2v) is 6.83. The van der Waals surface area contributed by atoms with E-state index in [0.29, 0.717) is 36.1 Å². The van der Waals surface area contributed by atoms with E-state index in [1.807, 2.05) is 0 Å². The van der Waals surface area contributed by atoms with Crippen LogP contribution in [0.2, 0.25) is 5.02 Å². The van der Waals surface area contributed by atoms with E-state index >= 15 is 0 Å². The molecule has 2 amide bonds. The number of carbonyl (C=O) groups is 3. The molecule has 25 heavy (non-hydrogen) atoms. The summed E-state index contributed by atoms with van der Waals surface area (Å²) in [5.74, 6) is -0.484. The first kappa shape index (κ1) is 19.2. The summed E-state index contributed by atoms with van der Waals surface area (Å²) in [4.78, 5) is 37.3. The number of nitrogens with one attached hydrogen (secondary N) is 1. The van der Waals surface area contributed by atoms with Crippen LogP contribution in [0, 0.1) is 5.92 Å². The molecular weight excluding hydrogens is 344 g/mol. The van der Waals surface area contributed by atoms with Gasteiger partial charge in [0, 0.05) is 19.5 Å². The maximum absolute atomic E-state index is 12.1. The van der Waals surface area contributed by atoms with Gasteiger partial charge in [0.15, 0.2) is 6.61 Å². The van der Waals surface area contributed by atoms with Crippen molar-refractivity contribution in [2.24, 2.45) is 5.92 Å². The van der Waals surface area contributed by atoms with Crippen molar-refractivity contribution in [3.63, 3.8) is 0 Å². The Morgan fingerprint density at radius 1 is 1.36 bits per heavy atom. The molecule has 2 rings (SSSR count). The van der Waals surface area contributed by atoms with Gasteiger partial charge in [0.05, 0.1) is 16.3 Å². The predicted molar refractivity (Wildman–Crippen MR) is 95.8 cm³/mol.